The van der Waals surface area contributed by atoms with Gasteiger partial charge >= 0.3 is 5.97 Å². The predicted octanol–water partition coefficient (Wildman–Crippen LogP) is 2.06. The van der Waals surface area contributed by atoms with Crippen LogP contribution in [0.3, 0.4) is 0 Å². The van der Waals surface area contributed by atoms with Gasteiger partial charge in [0.2, 0.25) is 0 Å². The lowest BCUT2D eigenvalue weighted by Gasteiger charge is -2.40. The van der Waals surface area contributed by atoms with Crippen molar-refractivity contribution in [3.05, 3.63) is 29.3 Å². The number of carboxylic acids is 1. The van der Waals surface area contributed by atoms with E-state index in [9.17, 15) is 9.90 Å². The van der Waals surface area contributed by atoms with Crippen LogP contribution in [0, 0.1) is 5.92 Å². The number of aliphatic hydroxyl groups is 1. The Hall–Kier alpha value is -1.46. The normalized spacial score (nSPS) is 27.1. The Morgan fingerprint density at radius 1 is 1.44 bits per heavy atom. The average molecular weight is 263 g/mol. The largest absolute Gasteiger partial charge is 0.481 e. The van der Waals surface area contributed by atoms with Gasteiger partial charge in [-0.1, -0.05) is 12.1 Å². The number of thiazole rings is 1. The molecule has 0 amide bonds. The Labute approximate surface area is 108 Å². The zero-order valence-corrected chi connectivity index (χ0v) is 10.5. The summed E-state index contributed by atoms with van der Waals surface area (Å²) < 4.78 is 1.10. The molecule has 5 heteroatoms. The van der Waals surface area contributed by atoms with Crippen LogP contribution < -0.4 is 0 Å². The maximum atomic E-state index is 10.7. The number of para-hydroxylation sites is 1. The van der Waals surface area contributed by atoms with Crippen molar-refractivity contribution in [1.29, 1.82) is 0 Å². The lowest BCUT2D eigenvalue weighted by molar-refractivity contribution is -0.158. The van der Waals surface area contributed by atoms with Gasteiger partial charge in [-0.05, 0) is 25.0 Å². The van der Waals surface area contributed by atoms with E-state index < -0.39 is 17.5 Å². The number of nitrogens with zero attached hydrogens (tertiary/aromatic N) is 1. The van der Waals surface area contributed by atoms with Gasteiger partial charge in [-0.15, -0.1) is 11.3 Å². The molecule has 94 valence electrons. The molecule has 1 aliphatic carbocycles. The monoisotopic (exact) mass is 263 g/mol. The molecule has 1 fully saturated rings. The average Bonchev–Trinajstić information content (AvgIpc) is 2.67. The van der Waals surface area contributed by atoms with Crippen LogP contribution in [0.25, 0.3) is 10.2 Å². The first-order chi connectivity index (χ1) is 8.56. The summed E-state index contributed by atoms with van der Waals surface area (Å²) in [6.07, 6.45) is 1.12. The molecule has 0 radical (unpaired) electrons. The minimum Gasteiger partial charge on any atom is -0.481 e. The van der Waals surface area contributed by atoms with E-state index in [4.69, 9.17) is 5.11 Å². The second kappa shape index (κ2) is 4.03. The molecule has 0 bridgehead atoms. The fourth-order valence-corrected chi connectivity index (χ4v) is 3.56. The van der Waals surface area contributed by atoms with E-state index in [0.29, 0.717) is 19.3 Å². The molecule has 1 aromatic carbocycles. The molecule has 2 aromatic rings. The van der Waals surface area contributed by atoms with Crippen LogP contribution in [-0.4, -0.2) is 26.8 Å². The van der Waals surface area contributed by atoms with Gasteiger partial charge in [-0.3, -0.25) is 4.79 Å². The highest BCUT2D eigenvalue weighted by Crippen LogP contribution is 2.41. The first kappa shape index (κ1) is 11.6. The summed E-state index contributed by atoms with van der Waals surface area (Å²) in [5, 5.41) is 19.9. The quantitative estimate of drug-likeness (QED) is 0.889. The third kappa shape index (κ3) is 2.00. The molecule has 18 heavy (non-hydrogen) atoms. The number of rotatable bonds is 3. The number of aliphatic carboxylic acids is 1. The van der Waals surface area contributed by atoms with Gasteiger partial charge in [0.25, 0.3) is 0 Å². The van der Waals surface area contributed by atoms with Crippen molar-refractivity contribution < 1.29 is 15.0 Å². The van der Waals surface area contributed by atoms with Gasteiger partial charge in [0.05, 0.1) is 26.7 Å². The first-order valence-electron chi connectivity index (χ1n) is 5.85. The molecule has 1 aromatic heterocycles. The number of aromatic nitrogens is 1. The van der Waals surface area contributed by atoms with E-state index >= 15 is 0 Å². The minimum atomic E-state index is -0.878. The molecule has 0 unspecified atom stereocenters. The number of fused-ring (bicyclic) bond motifs is 1. The molecule has 0 saturated heterocycles. The van der Waals surface area contributed by atoms with Crippen LogP contribution in [0.4, 0.5) is 0 Å². The van der Waals surface area contributed by atoms with Crippen molar-refractivity contribution in [1.82, 2.24) is 4.98 Å². The molecule has 3 rings (SSSR count). The van der Waals surface area contributed by atoms with Crippen molar-refractivity contribution in [3.8, 4) is 0 Å². The maximum Gasteiger partial charge on any atom is 0.306 e. The molecular formula is C13H13NO3S. The summed E-state index contributed by atoms with van der Waals surface area (Å²) in [5.74, 6) is -1.21. The summed E-state index contributed by atoms with van der Waals surface area (Å²) >= 11 is 1.56. The number of hydrogen-bond donors (Lipinski definition) is 2. The van der Waals surface area contributed by atoms with Gasteiger partial charge in [0.15, 0.2) is 0 Å². The lowest BCUT2D eigenvalue weighted by Crippen LogP contribution is -2.48. The van der Waals surface area contributed by atoms with Crippen molar-refractivity contribution in [2.45, 2.75) is 24.9 Å². The van der Waals surface area contributed by atoms with Crippen LogP contribution >= 0.6 is 11.3 Å². The Bertz CT molecular complexity index is 568. The van der Waals surface area contributed by atoms with Crippen molar-refractivity contribution in [2.75, 3.05) is 0 Å². The van der Waals surface area contributed by atoms with Gasteiger partial charge in [-0.25, -0.2) is 4.98 Å². The van der Waals surface area contributed by atoms with E-state index in [1.165, 1.54) is 0 Å². The van der Waals surface area contributed by atoms with Crippen LogP contribution in [0.1, 0.15) is 17.8 Å². The van der Waals surface area contributed by atoms with E-state index in [1.807, 2.05) is 24.3 Å². The molecule has 2 N–H and O–H groups in total. The Morgan fingerprint density at radius 3 is 2.83 bits per heavy atom. The number of benzene rings is 1. The van der Waals surface area contributed by atoms with Crippen molar-refractivity contribution >= 4 is 27.5 Å². The number of hydrogen-bond acceptors (Lipinski definition) is 4. The summed E-state index contributed by atoms with van der Waals surface area (Å²) in [6.45, 7) is 0. The number of carboxylic acid groups (broad SMARTS) is 1. The molecule has 1 aliphatic rings. The standard InChI is InChI=1S/C13H13NO3S/c15-12(16)8-5-13(17,6-8)7-11-14-9-3-1-2-4-10(9)18-11/h1-4,8,17H,5-7H2,(H,15,16). The van der Waals surface area contributed by atoms with E-state index in [2.05, 4.69) is 4.98 Å². The van der Waals surface area contributed by atoms with Crippen LogP contribution in [-0.2, 0) is 11.2 Å². The Kier molecular flexibility index (Phi) is 2.60. The summed E-state index contributed by atoms with van der Waals surface area (Å²) in [6, 6.07) is 7.84. The Morgan fingerprint density at radius 2 is 2.17 bits per heavy atom. The highest BCUT2D eigenvalue weighted by atomic mass is 32.1. The lowest BCUT2D eigenvalue weighted by atomic mass is 9.69. The third-order valence-electron chi connectivity index (χ3n) is 3.42. The summed E-state index contributed by atoms with van der Waals surface area (Å²) in [4.78, 5) is 15.2. The molecule has 0 spiro atoms. The molecule has 1 saturated carbocycles. The summed E-state index contributed by atoms with van der Waals surface area (Å²) in [7, 11) is 0. The van der Waals surface area contributed by atoms with E-state index in [0.717, 1.165) is 15.2 Å². The Balaban J connectivity index is 1.75. The number of carbonyl (C=O) groups is 1. The summed E-state index contributed by atoms with van der Waals surface area (Å²) in [5.41, 5.74) is 0.0620. The van der Waals surface area contributed by atoms with Crippen LogP contribution in [0.5, 0.6) is 0 Å². The van der Waals surface area contributed by atoms with E-state index in [-0.39, 0.29) is 0 Å². The highest BCUT2D eigenvalue weighted by molar-refractivity contribution is 7.18. The van der Waals surface area contributed by atoms with Crippen molar-refractivity contribution in [3.63, 3.8) is 0 Å². The zero-order valence-electron chi connectivity index (χ0n) is 9.67. The van der Waals surface area contributed by atoms with Gasteiger partial charge in [0.1, 0.15) is 0 Å². The molecular weight excluding hydrogens is 250 g/mol. The van der Waals surface area contributed by atoms with E-state index in [1.54, 1.807) is 11.3 Å². The topological polar surface area (TPSA) is 70.4 Å². The van der Waals surface area contributed by atoms with Crippen LogP contribution in [0.15, 0.2) is 24.3 Å². The smallest absolute Gasteiger partial charge is 0.306 e. The third-order valence-corrected chi connectivity index (χ3v) is 4.46. The zero-order chi connectivity index (χ0) is 12.8. The van der Waals surface area contributed by atoms with Crippen LogP contribution in [0.2, 0.25) is 0 Å². The molecule has 0 aliphatic heterocycles. The highest BCUT2D eigenvalue weighted by Gasteiger charge is 2.46. The fourth-order valence-electron chi connectivity index (χ4n) is 2.45. The van der Waals surface area contributed by atoms with Crippen molar-refractivity contribution in [2.24, 2.45) is 5.92 Å². The van der Waals surface area contributed by atoms with Gasteiger partial charge in [0, 0.05) is 6.42 Å². The second-order valence-corrected chi connectivity index (χ2v) is 6.04. The fraction of sp³-hybridized carbons (Fsp3) is 0.385. The first-order valence-corrected chi connectivity index (χ1v) is 6.67. The van der Waals surface area contributed by atoms with Gasteiger partial charge in [-0.2, -0.15) is 0 Å². The molecule has 1 heterocycles. The minimum absolute atomic E-state index is 0.332. The molecule has 4 nitrogen and oxygen atoms in total. The maximum absolute atomic E-state index is 10.7. The second-order valence-electron chi connectivity index (χ2n) is 4.92. The predicted molar refractivity (Wildman–Crippen MR) is 68.6 cm³/mol. The molecule has 0 atom stereocenters. The SMILES string of the molecule is O=C(O)C1CC(O)(Cc2nc3ccccc3s2)C1. The van der Waals surface area contributed by atoms with Gasteiger partial charge < -0.3 is 10.2 Å².